The summed E-state index contributed by atoms with van der Waals surface area (Å²) in [6.07, 6.45) is 0. The van der Waals surface area contributed by atoms with Crippen LogP contribution in [0, 0.1) is 12.8 Å². The number of rotatable bonds is 5. The van der Waals surface area contributed by atoms with Crippen molar-refractivity contribution in [1.82, 2.24) is 19.6 Å². The van der Waals surface area contributed by atoms with Gasteiger partial charge in [0.25, 0.3) is 5.78 Å². The van der Waals surface area contributed by atoms with E-state index in [0.717, 1.165) is 26.9 Å². The molecule has 6 nitrogen and oxygen atoms in total. The maximum Gasteiger partial charge on any atom is 0.254 e. The standard InChI is InChI=1S/C22H21N5OS/c1-14(2)21(28)24-17-11-7-8-12-18(17)29-19-13-15(3)23-22-25-20(26-27(19)22)16-9-5-4-6-10-16/h4-14H,1-3H3,(H,24,28). The van der Waals surface area contributed by atoms with Crippen molar-refractivity contribution in [2.24, 2.45) is 5.92 Å². The summed E-state index contributed by atoms with van der Waals surface area (Å²) < 4.78 is 1.75. The Bertz CT molecular complexity index is 1170. The summed E-state index contributed by atoms with van der Waals surface area (Å²) in [6.45, 7) is 5.69. The van der Waals surface area contributed by atoms with Crippen molar-refractivity contribution in [3.63, 3.8) is 0 Å². The Kier molecular flexibility index (Phi) is 5.31. The van der Waals surface area contributed by atoms with Gasteiger partial charge in [0.05, 0.1) is 5.69 Å². The molecule has 0 aliphatic heterocycles. The number of carbonyl (C=O) groups is 1. The molecule has 0 aliphatic carbocycles. The fraction of sp³-hybridized carbons (Fsp3) is 0.182. The number of hydrogen-bond acceptors (Lipinski definition) is 5. The first-order valence-electron chi connectivity index (χ1n) is 9.39. The molecule has 1 amide bonds. The van der Waals surface area contributed by atoms with Crippen molar-refractivity contribution < 1.29 is 4.79 Å². The van der Waals surface area contributed by atoms with Crippen molar-refractivity contribution in [3.8, 4) is 11.4 Å². The molecule has 0 unspecified atom stereocenters. The minimum Gasteiger partial charge on any atom is -0.325 e. The Morgan fingerprint density at radius 2 is 1.76 bits per heavy atom. The Hall–Kier alpha value is -3.19. The van der Waals surface area contributed by atoms with Gasteiger partial charge in [-0.05, 0) is 25.1 Å². The summed E-state index contributed by atoms with van der Waals surface area (Å²) in [6, 6.07) is 19.6. The minimum atomic E-state index is -0.0910. The Morgan fingerprint density at radius 3 is 2.52 bits per heavy atom. The van der Waals surface area contributed by atoms with Crippen LogP contribution in [0.3, 0.4) is 0 Å². The van der Waals surface area contributed by atoms with Crippen LogP contribution in [0.5, 0.6) is 0 Å². The van der Waals surface area contributed by atoms with Crippen molar-refractivity contribution in [1.29, 1.82) is 0 Å². The highest BCUT2D eigenvalue weighted by Gasteiger charge is 2.15. The zero-order valence-electron chi connectivity index (χ0n) is 16.5. The molecule has 2 heterocycles. The van der Waals surface area contributed by atoms with E-state index >= 15 is 0 Å². The number of nitrogens with zero attached hydrogens (tertiary/aromatic N) is 4. The van der Waals surface area contributed by atoms with Gasteiger partial charge < -0.3 is 5.32 Å². The molecule has 4 aromatic rings. The van der Waals surface area contributed by atoms with Crippen LogP contribution >= 0.6 is 11.8 Å². The van der Waals surface area contributed by atoms with Gasteiger partial charge in [-0.15, -0.1) is 5.10 Å². The first kappa shape index (κ1) is 19.1. The SMILES string of the molecule is Cc1cc(Sc2ccccc2NC(=O)C(C)C)n2nc(-c3ccccc3)nc2n1. The molecule has 0 saturated heterocycles. The van der Waals surface area contributed by atoms with Gasteiger partial charge in [-0.1, -0.05) is 68.1 Å². The second-order valence-corrected chi connectivity index (χ2v) is 8.05. The molecule has 0 fully saturated rings. The Morgan fingerprint density at radius 1 is 1.03 bits per heavy atom. The van der Waals surface area contributed by atoms with Gasteiger partial charge >= 0.3 is 0 Å². The molecular weight excluding hydrogens is 382 g/mol. The molecule has 0 bridgehead atoms. The summed E-state index contributed by atoms with van der Waals surface area (Å²) in [5.74, 6) is 1.08. The van der Waals surface area contributed by atoms with Crippen LogP contribution in [0.2, 0.25) is 0 Å². The number of benzene rings is 2. The van der Waals surface area contributed by atoms with Crippen LogP contribution in [0.25, 0.3) is 17.2 Å². The molecule has 0 spiro atoms. The topological polar surface area (TPSA) is 72.2 Å². The van der Waals surface area contributed by atoms with E-state index in [9.17, 15) is 4.79 Å². The molecule has 4 rings (SSSR count). The van der Waals surface area contributed by atoms with Crippen LogP contribution in [-0.2, 0) is 4.79 Å². The molecule has 2 aromatic carbocycles. The first-order valence-corrected chi connectivity index (χ1v) is 10.2. The van der Waals surface area contributed by atoms with Crippen molar-refractivity contribution in [2.75, 3.05) is 5.32 Å². The highest BCUT2D eigenvalue weighted by molar-refractivity contribution is 7.99. The van der Waals surface area contributed by atoms with E-state index in [-0.39, 0.29) is 11.8 Å². The van der Waals surface area contributed by atoms with E-state index in [2.05, 4.69) is 20.4 Å². The van der Waals surface area contributed by atoms with E-state index in [4.69, 9.17) is 0 Å². The van der Waals surface area contributed by atoms with Crippen molar-refractivity contribution >= 4 is 29.1 Å². The number of hydrogen-bond donors (Lipinski definition) is 1. The summed E-state index contributed by atoms with van der Waals surface area (Å²) in [7, 11) is 0. The summed E-state index contributed by atoms with van der Waals surface area (Å²) in [5, 5.41) is 8.56. The minimum absolute atomic E-state index is 0.0128. The average molecular weight is 404 g/mol. The van der Waals surface area contributed by atoms with E-state index < -0.39 is 0 Å². The van der Waals surface area contributed by atoms with E-state index in [1.807, 2.05) is 81.4 Å². The number of nitrogens with one attached hydrogen (secondary N) is 1. The van der Waals surface area contributed by atoms with Gasteiger partial charge in [-0.25, -0.2) is 4.98 Å². The monoisotopic (exact) mass is 403 g/mol. The Labute approximate surface area is 173 Å². The molecule has 0 saturated carbocycles. The van der Waals surface area contributed by atoms with Crippen LogP contribution < -0.4 is 5.32 Å². The highest BCUT2D eigenvalue weighted by Crippen LogP contribution is 2.34. The van der Waals surface area contributed by atoms with Gasteiger partial charge in [0.2, 0.25) is 5.91 Å². The molecule has 146 valence electrons. The molecule has 2 aromatic heterocycles. The number of amides is 1. The average Bonchev–Trinajstić information content (AvgIpc) is 3.14. The number of fused-ring (bicyclic) bond motifs is 1. The van der Waals surface area contributed by atoms with Gasteiger partial charge in [-0.2, -0.15) is 9.50 Å². The van der Waals surface area contributed by atoms with E-state index in [1.54, 1.807) is 4.52 Å². The first-order chi connectivity index (χ1) is 14.0. The van der Waals surface area contributed by atoms with E-state index in [1.165, 1.54) is 11.8 Å². The highest BCUT2D eigenvalue weighted by atomic mass is 32.2. The Balaban J connectivity index is 1.74. The molecule has 0 atom stereocenters. The number of aryl methyl sites for hydroxylation is 1. The fourth-order valence-corrected chi connectivity index (χ4v) is 3.82. The van der Waals surface area contributed by atoms with Crippen LogP contribution in [0.1, 0.15) is 19.5 Å². The number of carbonyl (C=O) groups excluding carboxylic acids is 1. The van der Waals surface area contributed by atoms with Crippen LogP contribution in [0.15, 0.2) is 70.6 Å². The molecular formula is C22H21N5OS. The van der Waals surface area contributed by atoms with E-state index in [0.29, 0.717) is 11.6 Å². The van der Waals surface area contributed by atoms with Gasteiger partial charge in [0.15, 0.2) is 5.82 Å². The van der Waals surface area contributed by atoms with Gasteiger partial charge in [-0.3, -0.25) is 4.79 Å². The maximum absolute atomic E-state index is 12.2. The second kappa shape index (κ2) is 8.05. The number of para-hydroxylation sites is 1. The molecule has 1 N–H and O–H groups in total. The van der Waals surface area contributed by atoms with Crippen molar-refractivity contribution in [3.05, 3.63) is 66.4 Å². The molecule has 0 aliphatic rings. The third-order valence-corrected chi connectivity index (χ3v) is 5.40. The second-order valence-electron chi connectivity index (χ2n) is 6.99. The third-order valence-electron chi connectivity index (χ3n) is 4.32. The van der Waals surface area contributed by atoms with Crippen LogP contribution in [-0.4, -0.2) is 25.5 Å². The maximum atomic E-state index is 12.2. The van der Waals surface area contributed by atoms with Crippen LogP contribution in [0.4, 0.5) is 5.69 Å². The predicted octanol–water partition coefficient (Wildman–Crippen LogP) is 4.85. The zero-order chi connectivity index (χ0) is 20.4. The fourth-order valence-electron chi connectivity index (χ4n) is 2.78. The predicted molar refractivity (Wildman–Crippen MR) is 115 cm³/mol. The summed E-state index contributed by atoms with van der Waals surface area (Å²) >= 11 is 1.53. The lowest BCUT2D eigenvalue weighted by molar-refractivity contribution is -0.118. The lowest BCUT2D eigenvalue weighted by Gasteiger charge is -2.12. The quantitative estimate of drug-likeness (QED) is 0.483. The molecule has 0 radical (unpaired) electrons. The van der Waals surface area contributed by atoms with Gasteiger partial charge in [0, 0.05) is 22.1 Å². The normalized spacial score (nSPS) is 11.2. The summed E-state index contributed by atoms with van der Waals surface area (Å²) in [4.78, 5) is 22.2. The lowest BCUT2D eigenvalue weighted by atomic mass is 10.2. The summed E-state index contributed by atoms with van der Waals surface area (Å²) in [5.41, 5.74) is 2.58. The smallest absolute Gasteiger partial charge is 0.254 e. The third kappa shape index (κ3) is 4.14. The zero-order valence-corrected chi connectivity index (χ0v) is 17.3. The number of anilines is 1. The van der Waals surface area contributed by atoms with Crippen molar-refractivity contribution in [2.45, 2.75) is 30.7 Å². The van der Waals surface area contributed by atoms with Gasteiger partial charge in [0.1, 0.15) is 5.03 Å². The molecule has 7 heteroatoms. The number of aromatic nitrogens is 4. The lowest BCUT2D eigenvalue weighted by Crippen LogP contribution is -2.18. The largest absolute Gasteiger partial charge is 0.325 e. The molecule has 29 heavy (non-hydrogen) atoms.